The maximum atomic E-state index is 11.7. The quantitative estimate of drug-likeness (QED) is 0.564. The number of carbonyl (C=O) groups excluding carboxylic acids is 2. The molecule has 98 valence electrons. The second-order valence-corrected chi connectivity index (χ2v) is 5.37. The number of hydrogen-bond donors (Lipinski definition) is 3. The summed E-state index contributed by atoms with van der Waals surface area (Å²) in [4.78, 5) is 24.5. The fraction of sp³-hybridized carbons (Fsp3) is 0.818. The van der Waals surface area contributed by atoms with Crippen LogP contribution in [0.15, 0.2) is 0 Å². The third-order valence-electron chi connectivity index (χ3n) is 2.69. The highest BCUT2D eigenvalue weighted by Gasteiger charge is 2.32. The Labute approximate surface area is 101 Å². The molecule has 1 saturated heterocycles. The maximum absolute atomic E-state index is 11.7. The first kappa shape index (κ1) is 13.9. The number of nitrogens with zero attached hydrogens (tertiary/aromatic N) is 1. The van der Waals surface area contributed by atoms with E-state index >= 15 is 0 Å². The number of likely N-dealkylation sites (tertiary alicyclic amines) is 1. The van der Waals surface area contributed by atoms with Crippen molar-refractivity contribution < 1.29 is 19.8 Å². The number of aliphatic hydroxyl groups is 2. The van der Waals surface area contributed by atoms with Gasteiger partial charge in [0.2, 0.25) is 11.8 Å². The Hall–Kier alpha value is -1.14. The second-order valence-electron chi connectivity index (χ2n) is 5.37. The Bertz CT molecular complexity index is 301. The molecule has 1 aliphatic heterocycles. The van der Waals surface area contributed by atoms with Crippen LogP contribution in [0.3, 0.4) is 0 Å². The van der Waals surface area contributed by atoms with Gasteiger partial charge in [0.05, 0.1) is 18.8 Å². The normalized spacial score (nSPS) is 24.9. The van der Waals surface area contributed by atoms with Crippen molar-refractivity contribution in [2.24, 2.45) is 5.41 Å². The highest BCUT2D eigenvalue weighted by molar-refractivity contribution is 5.87. The molecular formula is C11H20N2O4. The summed E-state index contributed by atoms with van der Waals surface area (Å²) in [6.07, 6.45) is -1.78. The van der Waals surface area contributed by atoms with Crippen LogP contribution in [0, 0.1) is 5.41 Å². The van der Waals surface area contributed by atoms with Crippen molar-refractivity contribution in [3.63, 3.8) is 0 Å². The summed E-state index contributed by atoms with van der Waals surface area (Å²) in [5.74, 6) is -0.496. The van der Waals surface area contributed by atoms with Crippen molar-refractivity contribution in [2.75, 3.05) is 19.6 Å². The Kier molecular flexibility index (Phi) is 4.11. The molecule has 0 aliphatic carbocycles. The zero-order valence-electron chi connectivity index (χ0n) is 10.4. The zero-order valence-corrected chi connectivity index (χ0v) is 10.4. The Morgan fingerprint density at radius 2 is 1.71 bits per heavy atom. The third kappa shape index (κ3) is 3.67. The number of hydrogen-bond acceptors (Lipinski definition) is 4. The molecule has 2 atom stereocenters. The molecule has 0 saturated carbocycles. The maximum Gasteiger partial charge on any atom is 0.242 e. The van der Waals surface area contributed by atoms with Gasteiger partial charge in [0.25, 0.3) is 0 Å². The summed E-state index contributed by atoms with van der Waals surface area (Å²) in [6.45, 7) is 5.41. The van der Waals surface area contributed by atoms with Crippen LogP contribution in [0.4, 0.5) is 0 Å². The van der Waals surface area contributed by atoms with Gasteiger partial charge >= 0.3 is 0 Å². The first-order valence-corrected chi connectivity index (χ1v) is 5.64. The smallest absolute Gasteiger partial charge is 0.242 e. The van der Waals surface area contributed by atoms with Crippen LogP contribution in [0.5, 0.6) is 0 Å². The van der Waals surface area contributed by atoms with Crippen molar-refractivity contribution in [3.8, 4) is 0 Å². The molecule has 1 aliphatic rings. The molecule has 1 fully saturated rings. The Morgan fingerprint density at radius 1 is 1.24 bits per heavy atom. The average molecular weight is 244 g/mol. The topological polar surface area (TPSA) is 89.9 Å². The van der Waals surface area contributed by atoms with Gasteiger partial charge in [-0.1, -0.05) is 20.8 Å². The van der Waals surface area contributed by atoms with E-state index in [1.54, 1.807) is 20.8 Å². The van der Waals surface area contributed by atoms with Crippen molar-refractivity contribution in [2.45, 2.75) is 33.0 Å². The predicted molar refractivity (Wildman–Crippen MR) is 61.1 cm³/mol. The lowest BCUT2D eigenvalue weighted by atomic mass is 9.96. The molecule has 2 unspecified atom stereocenters. The van der Waals surface area contributed by atoms with Crippen molar-refractivity contribution in [3.05, 3.63) is 0 Å². The summed E-state index contributed by atoms with van der Waals surface area (Å²) < 4.78 is 0. The molecule has 6 heteroatoms. The van der Waals surface area contributed by atoms with Crippen LogP contribution in [0.1, 0.15) is 20.8 Å². The van der Waals surface area contributed by atoms with Crippen molar-refractivity contribution >= 4 is 11.8 Å². The molecule has 1 rings (SSSR count). The second kappa shape index (κ2) is 5.01. The summed E-state index contributed by atoms with van der Waals surface area (Å²) in [6, 6.07) is 0. The van der Waals surface area contributed by atoms with Crippen LogP contribution in [0.2, 0.25) is 0 Å². The van der Waals surface area contributed by atoms with E-state index in [-0.39, 0.29) is 31.4 Å². The predicted octanol–water partition coefficient (Wildman–Crippen LogP) is -1.29. The van der Waals surface area contributed by atoms with Gasteiger partial charge in [-0.05, 0) is 0 Å². The van der Waals surface area contributed by atoms with E-state index in [0.29, 0.717) is 0 Å². The molecular weight excluding hydrogens is 224 g/mol. The lowest BCUT2D eigenvalue weighted by molar-refractivity contribution is -0.134. The number of rotatable bonds is 2. The molecule has 0 aromatic heterocycles. The lowest BCUT2D eigenvalue weighted by Gasteiger charge is -2.20. The molecule has 0 aromatic rings. The minimum atomic E-state index is -0.891. The Morgan fingerprint density at radius 3 is 2.12 bits per heavy atom. The highest BCUT2D eigenvalue weighted by Crippen LogP contribution is 2.13. The highest BCUT2D eigenvalue weighted by atomic mass is 16.3. The van der Waals surface area contributed by atoms with Gasteiger partial charge in [-0.25, -0.2) is 0 Å². The van der Waals surface area contributed by atoms with E-state index in [2.05, 4.69) is 5.32 Å². The van der Waals surface area contributed by atoms with E-state index in [0.717, 1.165) is 0 Å². The molecule has 0 aromatic carbocycles. The van der Waals surface area contributed by atoms with Crippen LogP contribution >= 0.6 is 0 Å². The van der Waals surface area contributed by atoms with E-state index in [1.165, 1.54) is 4.90 Å². The molecule has 6 nitrogen and oxygen atoms in total. The van der Waals surface area contributed by atoms with Gasteiger partial charge in [-0.3, -0.25) is 9.59 Å². The molecule has 2 amide bonds. The zero-order chi connectivity index (χ0) is 13.2. The summed E-state index contributed by atoms with van der Waals surface area (Å²) in [5.41, 5.74) is -0.537. The lowest BCUT2D eigenvalue weighted by Crippen LogP contribution is -2.43. The largest absolute Gasteiger partial charge is 0.388 e. The van der Waals surface area contributed by atoms with Gasteiger partial charge in [-0.15, -0.1) is 0 Å². The fourth-order valence-corrected chi connectivity index (χ4v) is 1.51. The van der Waals surface area contributed by atoms with Crippen LogP contribution in [-0.2, 0) is 9.59 Å². The van der Waals surface area contributed by atoms with Gasteiger partial charge in [0.1, 0.15) is 0 Å². The Balaban J connectivity index is 2.39. The van der Waals surface area contributed by atoms with Crippen LogP contribution < -0.4 is 5.32 Å². The third-order valence-corrected chi connectivity index (χ3v) is 2.69. The van der Waals surface area contributed by atoms with Crippen molar-refractivity contribution in [1.29, 1.82) is 0 Å². The minimum absolute atomic E-state index is 0.102. The first-order chi connectivity index (χ1) is 7.71. The summed E-state index contributed by atoms with van der Waals surface area (Å²) >= 11 is 0. The first-order valence-electron chi connectivity index (χ1n) is 5.64. The number of β-amino-alcohol motifs (C(OH)–C–C–N with tert-alkyl or cyclic N) is 2. The van der Waals surface area contributed by atoms with Gasteiger partial charge in [-0.2, -0.15) is 0 Å². The number of carbonyl (C=O) groups is 2. The van der Waals surface area contributed by atoms with E-state index in [1.807, 2.05) is 0 Å². The van der Waals surface area contributed by atoms with E-state index in [4.69, 9.17) is 0 Å². The summed E-state index contributed by atoms with van der Waals surface area (Å²) in [7, 11) is 0. The SMILES string of the molecule is CC(C)(C)C(=O)NCC(=O)N1CC(O)C(O)C1. The average Bonchev–Trinajstić information content (AvgIpc) is 2.54. The molecule has 0 radical (unpaired) electrons. The van der Waals surface area contributed by atoms with E-state index < -0.39 is 17.6 Å². The number of amides is 2. The number of nitrogens with one attached hydrogen (secondary N) is 1. The molecule has 0 spiro atoms. The van der Waals surface area contributed by atoms with Crippen LogP contribution in [-0.4, -0.2) is 58.8 Å². The molecule has 1 heterocycles. The van der Waals surface area contributed by atoms with Gasteiger partial charge < -0.3 is 20.4 Å². The van der Waals surface area contributed by atoms with Gasteiger partial charge in [0.15, 0.2) is 0 Å². The van der Waals surface area contributed by atoms with Crippen LogP contribution in [0.25, 0.3) is 0 Å². The molecule has 17 heavy (non-hydrogen) atoms. The summed E-state index contributed by atoms with van der Waals surface area (Å²) in [5, 5.41) is 21.1. The van der Waals surface area contributed by atoms with Gasteiger partial charge in [0, 0.05) is 18.5 Å². The monoisotopic (exact) mass is 244 g/mol. The minimum Gasteiger partial charge on any atom is -0.388 e. The number of aliphatic hydroxyl groups excluding tert-OH is 2. The standard InChI is InChI=1S/C11H20N2O4/c1-11(2,3)10(17)12-4-9(16)13-5-7(14)8(15)6-13/h7-8,14-15H,4-6H2,1-3H3,(H,12,17). The molecule has 3 N–H and O–H groups in total. The van der Waals surface area contributed by atoms with E-state index in [9.17, 15) is 19.8 Å². The van der Waals surface area contributed by atoms with Crippen molar-refractivity contribution in [1.82, 2.24) is 10.2 Å². The fourth-order valence-electron chi connectivity index (χ4n) is 1.51. The molecule has 0 bridgehead atoms.